The number of halogens is 1. The number of aromatic nitrogens is 2. The number of fused-ring (bicyclic) bond motifs is 1. The fraction of sp³-hybridized carbons (Fsp3) is 0.0500. The maximum absolute atomic E-state index is 12.8. The van der Waals surface area contributed by atoms with Crippen molar-refractivity contribution >= 4 is 67.3 Å². The number of nitrogens with zero attached hydrogens (tertiary/aromatic N) is 2. The van der Waals surface area contributed by atoms with E-state index >= 15 is 0 Å². The molecule has 0 aliphatic rings. The van der Waals surface area contributed by atoms with Gasteiger partial charge in [-0.1, -0.05) is 35.9 Å². The number of hydrogen-bond acceptors (Lipinski definition) is 8. The highest BCUT2D eigenvalue weighted by molar-refractivity contribution is 7.94. The zero-order valence-electron chi connectivity index (χ0n) is 16.0. The van der Waals surface area contributed by atoms with Gasteiger partial charge in [0.15, 0.2) is 11.6 Å². The monoisotopic (exact) mass is 474 g/mol. The minimum atomic E-state index is -3.96. The summed E-state index contributed by atoms with van der Waals surface area (Å²) in [6, 6.07) is 16.6. The number of rotatable bonds is 6. The summed E-state index contributed by atoms with van der Waals surface area (Å²) in [4.78, 5) is 21.0. The Hall–Kier alpha value is -3.21. The molecule has 0 saturated carbocycles. The maximum Gasteiger partial charge on any atom is 0.339 e. The van der Waals surface area contributed by atoms with E-state index in [9.17, 15) is 13.2 Å². The Bertz CT molecular complexity index is 1390. The van der Waals surface area contributed by atoms with E-state index in [0.717, 1.165) is 11.3 Å². The first-order chi connectivity index (χ1) is 14.9. The number of sulfonamides is 1. The lowest BCUT2D eigenvalue weighted by Gasteiger charge is -2.15. The van der Waals surface area contributed by atoms with Crippen molar-refractivity contribution in [1.29, 1.82) is 0 Å². The molecule has 0 radical (unpaired) electrons. The normalized spacial score (nSPS) is 11.3. The number of carbonyl (C=O) groups is 1. The summed E-state index contributed by atoms with van der Waals surface area (Å²) >= 11 is 6.81. The number of para-hydroxylation sites is 3. The number of benzene rings is 2. The standard InChI is InChI=1S/C20H15ClN4O4S2/c1-29-20(26)12-6-2-3-7-13(12)22-18-19(24-15-9-5-4-8-14(15)23-18)25-31(27,28)17-11-10-16(21)30-17/h2-11H,1H3,(H,22,23)(H,24,25). The average Bonchev–Trinajstić information content (AvgIpc) is 3.21. The molecule has 0 bridgehead atoms. The van der Waals surface area contributed by atoms with Crippen molar-refractivity contribution in [2.45, 2.75) is 4.21 Å². The zero-order chi connectivity index (χ0) is 22.0. The first-order valence-electron chi connectivity index (χ1n) is 8.87. The molecule has 0 atom stereocenters. The fourth-order valence-corrected chi connectivity index (χ4v) is 5.28. The number of hydrogen-bond donors (Lipinski definition) is 2. The van der Waals surface area contributed by atoms with Crippen LogP contribution in [0.15, 0.2) is 64.9 Å². The molecule has 0 fully saturated rings. The molecule has 4 rings (SSSR count). The third-order valence-electron chi connectivity index (χ3n) is 4.20. The summed E-state index contributed by atoms with van der Waals surface area (Å²) in [7, 11) is -2.68. The Morgan fingerprint density at radius 3 is 2.26 bits per heavy atom. The Labute approximate surface area is 186 Å². The largest absolute Gasteiger partial charge is 0.465 e. The number of methoxy groups -OCH3 is 1. The highest BCUT2D eigenvalue weighted by Crippen LogP contribution is 2.31. The Kier molecular flexibility index (Phi) is 5.77. The summed E-state index contributed by atoms with van der Waals surface area (Å²) in [5, 5.41) is 3.00. The van der Waals surface area contributed by atoms with Gasteiger partial charge in [-0.3, -0.25) is 4.72 Å². The van der Waals surface area contributed by atoms with Crippen LogP contribution in [0.4, 0.5) is 17.3 Å². The van der Waals surface area contributed by atoms with Crippen LogP contribution in [0.5, 0.6) is 0 Å². The second-order valence-electron chi connectivity index (χ2n) is 6.24. The third kappa shape index (κ3) is 4.46. The van der Waals surface area contributed by atoms with Crippen LogP contribution >= 0.6 is 22.9 Å². The van der Waals surface area contributed by atoms with E-state index in [4.69, 9.17) is 16.3 Å². The number of anilines is 3. The summed E-state index contributed by atoms with van der Waals surface area (Å²) < 4.78 is 33.4. The highest BCUT2D eigenvalue weighted by Gasteiger charge is 2.22. The maximum atomic E-state index is 12.8. The molecule has 2 aromatic heterocycles. The summed E-state index contributed by atoms with van der Waals surface area (Å²) in [5.74, 6) is -0.448. The van der Waals surface area contributed by atoms with Crippen LogP contribution in [0.3, 0.4) is 0 Å². The molecule has 11 heteroatoms. The number of nitrogens with one attached hydrogen (secondary N) is 2. The highest BCUT2D eigenvalue weighted by atomic mass is 35.5. The van der Waals surface area contributed by atoms with Crippen molar-refractivity contribution in [1.82, 2.24) is 9.97 Å². The molecular weight excluding hydrogens is 460 g/mol. The van der Waals surface area contributed by atoms with E-state index in [1.54, 1.807) is 48.5 Å². The molecule has 0 unspecified atom stereocenters. The van der Waals surface area contributed by atoms with Crippen LogP contribution in [-0.2, 0) is 14.8 Å². The molecule has 8 nitrogen and oxygen atoms in total. The minimum absolute atomic E-state index is 0.0251. The van der Waals surface area contributed by atoms with Gasteiger partial charge in [0.1, 0.15) is 4.21 Å². The van der Waals surface area contributed by atoms with Crippen LogP contribution in [-0.4, -0.2) is 31.5 Å². The second-order valence-corrected chi connectivity index (χ2v) is 9.86. The van der Waals surface area contributed by atoms with Crippen molar-refractivity contribution in [3.8, 4) is 0 Å². The molecule has 0 amide bonds. The van der Waals surface area contributed by atoms with Gasteiger partial charge in [-0.05, 0) is 36.4 Å². The smallest absolute Gasteiger partial charge is 0.339 e. The molecule has 4 aromatic rings. The molecular formula is C20H15ClN4O4S2. The van der Waals surface area contributed by atoms with Crippen molar-refractivity contribution in [2.75, 3.05) is 17.1 Å². The predicted octanol–water partition coefficient (Wildman–Crippen LogP) is 4.68. The summed E-state index contributed by atoms with van der Waals surface area (Å²) in [5.41, 5.74) is 1.69. The van der Waals surface area contributed by atoms with E-state index < -0.39 is 16.0 Å². The molecule has 2 N–H and O–H groups in total. The molecule has 0 aliphatic heterocycles. The first-order valence-corrected chi connectivity index (χ1v) is 11.5. The number of carbonyl (C=O) groups excluding carboxylic acids is 1. The number of ether oxygens (including phenoxy) is 1. The number of esters is 1. The molecule has 0 spiro atoms. The van der Waals surface area contributed by atoms with Gasteiger partial charge < -0.3 is 10.1 Å². The average molecular weight is 475 g/mol. The van der Waals surface area contributed by atoms with Crippen molar-refractivity contribution in [2.24, 2.45) is 0 Å². The second kappa shape index (κ2) is 8.50. The van der Waals surface area contributed by atoms with Crippen LogP contribution in [0, 0.1) is 0 Å². The Morgan fingerprint density at radius 1 is 0.968 bits per heavy atom. The lowest BCUT2D eigenvalue weighted by molar-refractivity contribution is 0.0602. The Morgan fingerprint density at radius 2 is 1.61 bits per heavy atom. The third-order valence-corrected chi connectivity index (χ3v) is 7.26. The topological polar surface area (TPSA) is 110 Å². The van der Waals surface area contributed by atoms with Crippen LogP contribution in [0.25, 0.3) is 11.0 Å². The van der Waals surface area contributed by atoms with Gasteiger partial charge in [-0.25, -0.2) is 23.2 Å². The molecule has 0 saturated heterocycles. The zero-order valence-corrected chi connectivity index (χ0v) is 18.4. The van der Waals surface area contributed by atoms with E-state index in [1.165, 1.54) is 19.2 Å². The molecule has 0 aliphatic carbocycles. The van der Waals surface area contributed by atoms with E-state index in [0.29, 0.717) is 21.1 Å². The lowest BCUT2D eigenvalue weighted by atomic mass is 10.2. The van der Waals surface area contributed by atoms with Crippen LogP contribution < -0.4 is 10.0 Å². The van der Waals surface area contributed by atoms with E-state index in [-0.39, 0.29) is 21.4 Å². The van der Waals surface area contributed by atoms with Gasteiger partial charge in [0, 0.05) is 0 Å². The van der Waals surface area contributed by atoms with E-state index in [1.807, 2.05) is 0 Å². The van der Waals surface area contributed by atoms with Gasteiger partial charge in [0.05, 0.1) is 33.7 Å². The predicted molar refractivity (Wildman–Crippen MR) is 121 cm³/mol. The van der Waals surface area contributed by atoms with Crippen LogP contribution in [0.2, 0.25) is 4.34 Å². The molecule has 158 valence electrons. The Balaban J connectivity index is 1.81. The lowest BCUT2D eigenvalue weighted by Crippen LogP contribution is -2.15. The summed E-state index contributed by atoms with van der Waals surface area (Å²) in [6.45, 7) is 0. The van der Waals surface area contributed by atoms with Gasteiger partial charge in [-0.15, -0.1) is 11.3 Å². The van der Waals surface area contributed by atoms with Crippen molar-refractivity contribution in [3.05, 3.63) is 70.6 Å². The van der Waals surface area contributed by atoms with Crippen molar-refractivity contribution < 1.29 is 17.9 Å². The quantitative estimate of drug-likeness (QED) is 0.390. The fourth-order valence-electron chi connectivity index (χ4n) is 2.79. The van der Waals surface area contributed by atoms with Gasteiger partial charge >= 0.3 is 5.97 Å². The van der Waals surface area contributed by atoms with Gasteiger partial charge in [0.25, 0.3) is 10.0 Å². The molecule has 31 heavy (non-hydrogen) atoms. The SMILES string of the molecule is COC(=O)c1ccccc1Nc1nc2ccccc2nc1NS(=O)(=O)c1ccc(Cl)s1. The van der Waals surface area contributed by atoms with Crippen LogP contribution in [0.1, 0.15) is 10.4 Å². The van der Waals surface area contributed by atoms with Gasteiger partial charge in [-0.2, -0.15) is 0 Å². The minimum Gasteiger partial charge on any atom is -0.465 e. The number of thiophene rings is 1. The molecule has 2 heterocycles. The molecule has 2 aromatic carbocycles. The first kappa shape index (κ1) is 21.0. The van der Waals surface area contributed by atoms with Gasteiger partial charge in [0.2, 0.25) is 0 Å². The van der Waals surface area contributed by atoms with Crippen molar-refractivity contribution in [3.63, 3.8) is 0 Å². The van der Waals surface area contributed by atoms with E-state index in [2.05, 4.69) is 20.0 Å². The summed E-state index contributed by atoms with van der Waals surface area (Å²) in [6.07, 6.45) is 0.